The molecule has 2 rings (SSSR count). The van der Waals surface area contributed by atoms with Gasteiger partial charge in [0, 0.05) is 12.1 Å². The fraction of sp³-hybridized carbons (Fsp3) is 0.333. The lowest BCUT2D eigenvalue weighted by Gasteiger charge is -2.15. The molecule has 1 atom stereocenters. The Hall–Kier alpha value is -2.29. The van der Waals surface area contributed by atoms with Crippen LogP contribution in [-0.2, 0) is 6.54 Å². The van der Waals surface area contributed by atoms with Crippen molar-refractivity contribution < 1.29 is 13.2 Å². The molecule has 0 aliphatic heterocycles. The summed E-state index contributed by atoms with van der Waals surface area (Å²) in [5, 5.41) is 12.9. The third kappa shape index (κ3) is 3.63. The molecule has 0 saturated heterocycles. The summed E-state index contributed by atoms with van der Waals surface area (Å²) in [6.45, 7) is 0.823. The number of rotatable bonds is 4. The van der Waals surface area contributed by atoms with Gasteiger partial charge in [0.1, 0.15) is 6.54 Å². The van der Waals surface area contributed by atoms with Gasteiger partial charge in [0.25, 0.3) is 0 Å². The maximum Gasteiger partial charge on any atom is 0.408 e. The van der Waals surface area contributed by atoms with Crippen LogP contribution in [0.4, 0.5) is 13.2 Å². The van der Waals surface area contributed by atoms with E-state index in [1.165, 1.54) is 12.4 Å². The molecule has 2 aromatic rings. The molecule has 0 bridgehead atoms. The van der Waals surface area contributed by atoms with Gasteiger partial charge >= 0.3 is 6.18 Å². The average molecular weight is 293 g/mol. The van der Waals surface area contributed by atoms with Crippen molar-refractivity contribution >= 4 is 0 Å². The predicted molar refractivity (Wildman–Crippen MR) is 71.6 cm³/mol. The quantitative estimate of drug-likeness (QED) is 0.859. The van der Waals surface area contributed by atoms with Crippen LogP contribution in [0, 0.1) is 11.3 Å². The number of benzene rings is 1. The van der Waals surface area contributed by atoms with Gasteiger partial charge in [0.15, 0.2) is 0 Å². The Morgan fingerprint density at radius 1 is 1.33 bits per heavy atom. The van der Waals surface area contributed by atoms with Crippen molar-refractivity contribution in [2.45, 2.75) is 32.0 Å². The summed E-state index contributed by atoms with van der Waals surface area (Å²) in [5.41, 5.74) is 2.03. The summed E-state index contributed by atoms with van der Waals surface area (Å²) in [6.07, 6.45) is -0.782. The third-order valence-electron chi connectivity index (χ3n) is 3.26. The highest BCUT2D eigenvalue weighted by molar-refractivity contribution is 5.43. The van der Waals surface area contributed by atoms with Crippen molar-refractivity contribution in [3.63, 3.8) is 0 Å². The van der Waals surface area contributed by atoms with Crippen LogP contribution in [0.3, 0.4) is 0 Å². The maximum atomic E-state index is 12.4. The molecule has 1 heterocycles. The van der Waals surface area contributed by atoms with E-state index in [9.17, 15) is 13.2 Å². The fourth-order valence-corrected chi connectivity index (χ4v) is 2.37. The molecule has 0 radical (unpaired) electrons. The van der Waals surface area contributed by atoms with Crippen LogP contribution < -0.4 is 0 Å². The Bertz CT molecular complexity index is 653. The largest absolute Gasteiger partial charge is 0.408 e. The van der Waals surface area contributed by atoms with Crippen molar-refractivity contribution in [2.24, 2.45) is 0 Å². The number of aromatic nitrogens is 2. The van der Waals surface area contributed by atoms with E-state index < -0.39 is 12.7 Å². The van der Waals surface area contributed by atoms with Crippen molar-refractivity contribution in [1.82, 2.24) is 9.78 Å². The Balaban J connectivity index is 2.32. The highest BCUT2D eigenvalue weighted by Gasteiger charge is 2.29. The fourth-order valence-electron chi connectivity index (χ4n) is 2.37. The number of nitriles is 1. The maximum absolute atomic E-state index is 12.4. The van der Waals surface area contributed by atoms with Crippen LogP contribution >= 0.6 is 0 Å². The lowest BCUT2D eigenvalue weighted by atomic mass is 9.88. The number of alkyl halides is 3. The minimum absolute atomic E-state index is 0.136. The van der Waals surface area contributed by atoms with Crippen LogP contribution in [0.5, 0.6) is 0 Å². The molecule has 21 heavy (non-hydrogen) atoms. The third-order valence-corrected chi connectivity index (χ3v) is 3.26. The predicted octanol–water partition coefficient (Wildman–Crippen LogP) is 3.86. The van der Waals surface area contributed by atoms with Crippen LogP contribution in [0.15, 0.2) is 36.7 Å². The second kappa shape index (κ2) is 6.00. The van der Waals surface area contributed by atoms with Gasteiger partial charge in [-0.05, 0) is 23.6 Å². The molecular formula is C15H14F3N3. The summed E-state index contributed by atoms with van der Waals surface area (Å²) in [6, 6.07) is 9.24. The molecule has 3 nitrogen and oxygen atoms in total. The molecule has 110 valence electrons. The molecule has 0 aliphatic rings. The number of nitrogens with zero attached hydrogens (tertiary/aromatic N) is 3. The molecule has 6 heteroatoms. The zero-order chi connectivity index (χ0) is 15.5. The molecule has 1 aromatic carbocycles. The van der Waals surface area contributed by atoms with E-state index in [-0.39, 0.29) is 5.92 Å². The van der Waals surface area contributed by atoms with E-state index in [2.05, 4.69) is 11.2 Å². The summed E-state index contributed by atoms with van der Waals surface area (Å²) in [4.78, 5) is 0. The van der Waals surface area contributed by atoms with E-state index in [1.54, 1.807) is 12.1 Å². The smallest absolute Gasteiger partial charge is 0.263 e. The van der Waals surface area contributed by atoms with Gasteiger partial charge in [0.05, 0.1) is 17.8 Å². The highest BCUT2D eigenvalue weighted by Crippen LogP contribution is 2.30. The summed E-state index contributed by atoms with van der Waals surface area (Å²) in [5.74, 6) is -0.136. The van der Waals surface area contributed by atoms with Gasteiger partial charge in [-0.25, -0.2) is 0 Å². The first-order valence-corrected chi connectivity index (χ1v) is 6.52. The zero-order valence-electron chi connectivity index (χ0n) is 11.4. The van der Waals surface area contributed by atoms with Gasteiger partial charge in [-0.3, -0.25) is 4.68 Å². The first-order valence-electron chi connectivity index (χ1n) is 6.52. The molecule has 0 amide bonds. The topological polar surface area (TPSA) is 41.6 Å². The van der Waals surface area contributed by atoms with Crippen LogP contribution in [0.2, 0.25) is 0 Å². The normalized spacial score (nSPS) is 12.9. The molecule has 1 aromatic heterocycles. The average Bonchev–Trinajstić information content (AvgIpc) is 2.86. The second-order valence-corrected chi connectivity index (χ2v) is 4.75. The van der Waals surface area contributed by atoms with Gasteiger partial charge in [0.2, 0.25) is 0 Å². The lowest BCUT2D eigenvalue weighted by molar-refractivity contribution is -0.142. The molecule has 0 spiro atoms. The van der Waals surface area contributed by atoms with Crippen molar-refractivity contribution in [3.8, 4) is 6.07 Å². The van der Waals surface area contributed by atoms with Crippen LogP contribution in [0.1, 0.15) is 36.0 Å². The Labute approximate surface area is 120 Å². The summed E-state index contributed by atoms with van der Waals surface area (Å²) in [7, 11) is 0. The van der Waals surface area contributed by atoms with Crippen molar-refractivity contribution in [3.05, 3.63) is 53.3 Å². The molecule has 0 fully saturated rings. The van der Waals surface area contributed by atoms with E-state index in [0.717, 1.165) is 10.2 Å². The van der Waals surface area contributed by atoms with Crippen LogP contribution in [0.25, 0.3) is 0 Å². The van der Waals surface area contributed by atoms with Crippen molar-refractivity contribution in [1.29, 1.82) is 5.26 Å². The van der Waals surface area contributed by atoms with Gasteiger partial charge in [-0.1, -0.05) is 25.1 Å². The molecule has 0 aliphatic carbocycles. The number of halogens is 3. The molecule has 0 N–H and O–H groups in total. The standard InChI is InChI=1S/C15H14F3N3/c1-2-13(14-6-4-3-5-11(14)7-19)12-8-20-21(9-12)10-15(16,17)18/h3-6,8-9,13H,2,10H2,1H3/t13-/m1/s1. The van der Waals surface area contributed by atoms with E-state index in [0.29, 0.717) is 17.5 Å². The van der Waals surface area contributed by atoms with E-state index in [4.69, 9.17) is 5.26 Å². The number of hydrogen-bond acceptors (Lipinski definition) is 2. The summed E-state index contributed by atoms with van der Waals surface area (Å²) < 4.78 is 38.0. The number of hydrogen-bond donors (Lipinski definition) is 0. The molecule has 0 unspecified atom stereocenters. The Morgan fingerprint density at radius 3 is 2.67 bits per heavy atom. The van der Waals surface area contributed by atoms with E-state index >= 15 is 0 Å². The van der Waals surface area contributed by atoms with Crippen molar-refractivity contribution in [2.75, 3.05) is 0 Å². The SMILES string of the molecule is CC[C@H](c1cnn(CC(F)(F)F)c1)c1ccccc1C#N. The molecule has 0 saturated carbocycles. The Kier molecular flexibility index (Phi) is 4.32. The first kappa shape index (κ1) is 15.1. The molecular weight excluding hydrogens is 279 g/mol. The van der Waals surface area contributed by atoms with Gasteiger partial charge in [-0.15, -0.1) is 0 Å². The lowest BCUT2D eigenvalue weighted by Crippen LogP contribution is -2.17. The monoisotopic (exact) mass is 293 g/mol. The Morgan fingerprint density at radius 2 is 2.05 bits per heavy atom. The second-order valence-electron chi connectivity index (χ2n) is 4.75. The van der Waals surface area contributed by atoms with Gasteiger partial charge < -0.3 is 0 Å². The minimum Gasteiger partial charge on any atom is -0.263 e. The highest BCUT2D eigenvalue weighted by atomic mass is 19.4. The van der Waals surface area contributed by atoms with Crippen LogP contribution in [-0.4, -0.2) is 16.0 Å². The summed E-state index contributed by atoms with van der Waals surface area (Å²) >= 11 is 0. The van der Waals surface area contributed by atoms with Gasteiger partial charge in [-0.2, -0.15) is 23.5 Å². The zero-order valence-corrected chi connectivity index (χ0v) is 11.4. The minimum atomic E-state index is -4.30. The first-order chi connectivity index (χ1) is 9.94. The van der Waals surface area contributed by atoms with E-state index in [1.807, 2.05) is 19.1 Å².